The second-order valence-corrected chi connectivity index (χ2v) is 3.99. The standard InChI is InChI=1S/C2HCl3O2.2CH5N3/c3-2(4,5)1(6)7;2*2-1(3)4/h(H,6,7);2*(H5,2,3,4). The normalized spacial score (nSPS) is 8.47. The van der Waals surface area contributed by atoms with Crippen LogP contribution >= 0.6 is 34.8 Å². The molecule has 0 bridgehead atoms. The summed E-state index contributed by atoms with van der Waals surface area (Å²) in [5, 5.41) is 20.0. The molecule has 0 spiro atoms. The minimum absolute atomic E-state index is 0.333. The number of guanidine groups is 2. The molecule has 0 saturated heterocycles. The Balaban J connectivity index is -0.000000155. The smallest absolute Gasteiger partial charge is 0.356 e. The van der Waals surface area contributed by atoms with Crippen LogP contribution in [-0.2, 0) is 4.79 Å². The third-order valence-electron chi connectivity index (χ3n) is 0.243. The van der Waals surface area contributed by atoms with E-state index >= 15 is 0 Å². The average Bonchev–Trinajstić information content (AvgIpc) is 1.80. The molecule has 8 nitrogen and oxygen atoms in total. The van der Waals surface area contributed by atoms with E-state index in [1.54, 1.807) is 0 Å². The largest absolute Gasteiger partial charge is 0.478 e. The van der Waals surface area contributed by atoms with Crippen molar-refractivity contribution in [3.05, 3.63) is 0 Å². The number of carbonyl (C=O) groups is 1. The van der Waals surface area contributed by atoms with Gasteiger partial charge in [-0.25, -0.2) is 4.79 Å². The number of carboxylic acids is 1. The molecule has 0 radical (unpaired) electrons. The van der Waals surface area contributed by atoms with Crippen LogP contribution in [-0.4, -0.2) is 26.8 Å². The number of halogens is 3. The first-order valence-corrected chi connectivity index (χ1v) is 4.03. The molecule has 0 aromatic rings. The highest BCUT2D eigenvalue weighted by Gasteiger charge is 2.29. The van der Waals surface area contributed by atoms with E-state index in [0.29, 0.717) is 0 Å². The number of alkyl halides is 3. The molecular weight excluding hydrogens is 270 g/mol. The van der Waals surface area contributed by atoms with Gasteiger partial charge in [0, 0.05) is 0 Å². The van der Waals surface area contributed by atoms with Crippen LogP contribution in [0.3, 0.4) is 0 Å². The molecule has 0 aliphatic rings. The van der Waals surface area contributed by atoms with Gasteiger partial charge < -0.3 is 28.0 Å². The van der Waals surface area contributed by atoms with Crippen LogP contribution in [0.2, 0.25) is 0 Å². The number of nitrogens with two attached hydrogens (primary N) is 4. The molecule has 0 atom stereocenters. The van der Waals surface area contributed by atoms with Crippen molar-refractivity contribution in [2.45, 2.75) is 3.79 Å². The summed E-state index contributed by atoms with van der Waals surface area (Å²) >= 11 is 14.4. The fourth-order valence-corrected chi connectivity index (χ4v) is 0. The van der Waals surface area contributed by atoms with Gasteiger partial charge in [-0.2, -0.15) is 0 Å². The number of hydrogen-bond acceptors (Lipinski definition) is 3. The Morgan fingerprint density at radius 3 is 1.07 bits per heavy atom. The van der Waals surface area contributed by atoms with Gasteiger partial charge in [0.1, 0.15) is 0 Å². The van der Waals surface area contributed by atoms with E-state index < -0.39 is 9.76 Å². The van der Waals surface area contributed by atoms with Crippen molar-refractivity contribution in [3.8, 4) is 0 Å². The molecule has 0 saturated carbocycles. The van der Waals surface area contributed by atoms with Gasteiger partial charge in [0.15, 0.2) is 11.9 Å². The molecule has 11 heteroatoms. The summed E-state index contributed by atoms with van der Waals surface area (Å²) in [7, 11) is 0. The Bertz CT molecular complexity index is 207. The second-order valence-electron chi connectivity index (χ2n) is 1.71. The predicted molar refractivity (Wildman–Crippen MR) is 60.1 cm³/mol. The molecular formula is C4H11Cl3N6O2. The SMILES string of the molecule is N=C(N)N.N=C(N)N.O=C(O)C(Cl)(Cl)Cl. The van der Waals surface area contributed by atoms with Crippen LogP contribution in [0.5, 0.6) is 0 Å². The number of nitrogens with one attached hydrogen (secondary N) is 2. The lowest BCUT2D eigenvalue weighted by molar-refractivity contribution is -0.135. The zero-order chi connectivity index (χ0) is 13.2. The molecule has 0 aromatic heterocycles. The minimum atomic E-state index is -2.17. The van der Waals surface area contributed by atoms with E-state index in [2.05, 4.69) is 22.9 Å². The summed E-state index contributed by atoms with van der Waals surface area (Å²) in [5.74, 6) is -2.13. The van der Waals surface area contributed by atoms with E-state index in [1.807, 2.05) is 0 Å². The number of hydrogen-bond donors (Lipinski definition) is 7. The van der Waals surface area contributed by atoms with Gasteiger partial charge in [0.2, 0.25) is 0 Å². The van der Waals surface area contributed by atoms with E-state index in [1.165, 1.54) is 0 Å². The topological polar surface area (TPSA) is 189 Å². The van der Waals surface area contributed by atoms with Crippen LogP contribution in [0.1, 0.15) is 0 Å². The quantitative estimate of drug-likeness (QED) is 0.171. The predicted octanol–water partition coefficient (Wildman–Crippen LogP) is -0.882. The van der Waals surface area contributed by atoms with Gasteiger partial charge in [0.05, 0.1) is 0 Å². The zero-order valence-corrected chi connectivity index (χ0v) is 9.57. The van der Waals surface area contributed by atoms with E-state index in [9.17, 15) is 4.79 Å². The first-order valence-electron chi connectivity index (χ1n) is 2.90. The summed E-state index contributed by atoms with van der Waals surface area (Å²) < 4.78 is -2.17. The van der Waals surface area contributed by atoms with Gasteiger partial charge in [-0.15, -0.1) is 0 Å². The molecule has 0 aliphatic heterocycles. The van der Waals surface area contributed by atoms with E-state index in [-0.39, 0.29) is 11.9 Å². The Hall–Kier alpha value is -1.12. The summed E-state index contributed by atoms with van der Waals surface area (Å²) in [6.45, 7) is 0. The van der Waals surface area contributed by atoms with Gasteiger partial charge in [0.25, 0.3) is 3.79 Å². The third-order valence-corrected chi connectivity index (χ3v) is 0.728. The highest BCUT2D eigenvalue weighted by Crippen LogP contribution is 2.25. The van der Waals surface area contributed by atoms with Crippen molar-refractivity contribution in [2.24, 2.45) is 22.9 Å². The third kappa shape index (κ3) is 64.0. The van der Waals surface area contributed by atoms with Crippen LogP contribution < -0.4 is 22.9 Å². The molecule has 0 heterocycles. The summed E-state index contributed by atoms with van der Waals surface area (Å²) in [6.07, 6.45) is 0. The van der Waals surface area contributed by atoms with Crippen molar-refractivity contribution in [1.29, 1.82) is 10.8 Å². The van der Waals surface area contributed by atoms with Crippen LogP contribution in [0.4, 0.5) is 0 Å². The van der Waals surface area contributed by atoms with Crippen molar-refractivity contribution in [3.63, 3.8) is 0 Å². The Morgan fingerprint density at radius 2 is 1.07 bits per heavy atom. The number of rotatable bonds is 0. The lowest BCUT2D eigenvalue weighted by Gasteiger charge is -1.99. The zero-order valence-electron chi connectivity index (χ0n) is 7.30. The van der Waals surface area contributed by atoms with Crippen molar-refractivity contribution in [2.75, 3.05) is 0 Å². The molecule has 15 heavy (non-hydrogen) atoms. The molecule has 90 valence electrons. The second kappa shape index (κ2) is 9.44. The molecule has 11 N–H and O–H groups in total. The lowest BCUT2D eigenvalue weighted by atomic mass is 10.8. The highest BCUT2D eigenvalue weighted by atomic mass is 35.6. The molecule has 0 fully saturated rings. The van der Waals surface area contributed by atoms with E-state index in [4.69, 9.17) is 50.7 Å². The Morgan fingerprint density at radius 1 is 1.00 bits per heavy atom. The minimum Gasteiger partial charge on any atom is -0.478 e. The lowest BCUT2D eigenvalue weighted by Crippen LogP contribution is -2.20. The van der Waals surface area contributed by atoms with E-state index in [0.717, 1.165) is 0 Å². The molecule has 0 aromatic carbocycles. The number of carboxylic acid groups (broad SMARTS) is 1. The molecule has 0 rings (SSSR count). The Kier molecular flexibility index (Phi) is 12.2. The average molecular weight is 282 g/mol. The van der Waals surface area contributed by atoms with Crippen LogP contribution in [0.15, 0.2) is 0 Å². The maximum Gasteiger partial charge on any atom is 0.356 e. The maximum absolute atomic E-state index is 9.62. The maximum atomic E-state index is 9.62. The highest BCUT2D eigenvalue weighted by molar-refractivity contribution is 6.75. The van der Waals surface area contributed by atoms with Crippen molar-refractivity contribution >= 4 is 52.7 Å². The molecule has 0 aliphatic carbocycles. The number of aliphatic carboxylic acids is 1. The summed E-state index contributed by atoms with van der Waals surface area (Å²) in [5.41, 5.74) is 17.9. The Labute approximate surface area is 100 Å². The van der Waals surface area contributed by atoms with Crippen LogP contribution in [0.25, 0.3) is 0 Å². The van der Waals surface area contributed by atoms with Crippen molar-refractivity contribution in [1.82, 2.24) is 0 Å². The van der Waals surface area contributed by atoms with Crippen LogP contribution in [0, 0.1) is 10.8 Å². The first-order chi connectivity index (χ1) is 6.41. The van der Waals surface area contributed by atoms with Gasteiger partial charge in [-0.1, -0.05) is 34.8 Å². The first kappa shape index (κ1) is 19.5. The van der Waals surface area contributed by atoms with Crippen molar-refractivity contribution < 1.29 is 9.90 Å². The molecule has 0 amide bonds. The van der Waals surface area contributed by atoms with Gasteiger partial charge in [-0.3, -0.25) is 10.8 Å². The monoisotopic (exact) mass is 280 g/mol. The fraction of sp³-hybridized carbons (Fsp3) is 0.250. The fourth-order valence-electron chi connectivity index (χ4n) is 0. The van der Waals surface area contributed by atoms with Gasteiger partial charge in [-0.05, 0) is 0 Å². The summed E-state index contributed by atoms with van der Waals surface area (Å²) in [6, 6.07) is 0. The summed E-state index contributed by atoms with van der Waals surface area (Å²) in [4.78, 5) is 9.62. The van der Waals surface area contributed by atoms with Gasteiger partial charge >= 0.3 is 5.97 Å². The molecule has 0 unspecified atom stereocenters.